The molecule has 0 unspecified atom stereocenters. The van der Waals surface area contributed by atoms with E-state index in [0.717, 1.165) is 16.3 Å². The SMILES string of the molecule is OCCn1cc(CNc2ccc(Cl)cc2)cn1. The molecule has 2 rings (SSSR count). The van der Waals surface area contributed by atoms with Crippen molar-refractivity contribution in [2.24, 2.45) is 0 Å². The van der Waals surface area contributed by atoms with Gasteiger partial charge in [-0.25, -0.2) is 0 Å². The highest BCUT2D eigenvalue weighted by Gasteiger charge is 1.98. The Kier molecular flexibility index (Phi) is 4.01. The zero-order valence-corrected chi connectivity index (χ0v) is 10.1. The van der Waals surface area contributed by atoms with Crippen LogP contribution in [0.4, 0.5) is 5.69 Å². The number of anilines is 1. The van der Waals surface area contributed by atoms with Crippen LogP contribution >= 0.6 is 11.6 Å². The van der Waals surface area contributed by atoms with Gasteiger partial charge in [0.15, 0.2) is 0 Å². The number of halogens is 1. The number of rotatable bonds is 5. The van der Waals surface area contributed by atoms with Gasteiger partial charge < -0.3 is 10.4 Å². The molecule has 0 aliphatic carbocycles. The van der Waals surface area contributed by atoms with Crippen LogP contribution in [0.2, 0.25) is 5.02 Å². The van der Waals surface area contributed by atoms with Gasteiger partial charge in [-0.1, -0.05) is 11.6 Å². The summed E-state index contributed by atoms with van der Waals surface area (Å²) >= 11 is 5.80. The Morgan fingerprint density at radius 1 is 1.29 bits per heavy atom. The topological polar surface area (TPSA) is 50.1 Å². The van der Waals surface area contributed by atoms with E-state index >= 15 is 0 Å². The average molecular weight is 252 g/mol. The molecule has 90 valence electrons. The van der Waals surface area contributed by atoms with Crippen LogP contribution in [-0.2, 0) is 13.1 Å². The van der Waals surface area contributed by atoms with E-state index in [9.17, 15) is 0 Å². The minimum atomic E-state index is 0.103. The quantitative estimate of drug-likeness (QED) is 0.856. The summed E-state index contributed by atoms with van der Waals surface area (Å²) in [6.45, 7) is 1.33. The normalized spacial score (nSPS) is 10.5. The summed E-state index contributed by atoms with van der Waals surface area (Å²) in [6, 6.07) is 7.55. The Labute approximate surface area is 105 Å². The Morgan fingerprint density at radius 2 is 2.06 bits per heavy atom. The molecule has 5 heteroatoms. The van der Waals surface area contributed by atoms with E-state index in [0.29, 0.717) is 13.1 Å². The van der Waals surface area contributed by atoms with Crippen LogP contribution in [0.15, 0.2) is 36.7 Å². The van der Waals surface area contributed by atoms with Gasteiger partial charge in [0.2, 0.25) is 0 Å². The number of nitrogens with one attached hydrogen (secondary N) is 1. The van der Waals surface area contributed by atoms with Crippen LogP contribution < -0.4 is 5.32 Å². The zero-order chi connectivity index (χ0) is 12.1. The maximum Gasteiger partial charge on any atom is 0.0640 e. The van der Waals surface area contributed by atoms with E-state index in [4.69, 9.17) is 16.7 Å². The monoisotopic (exact) mass is 251 g/mol. The largest absolute Gasteiger partial charge is 0.394 e. The fourth-order valence-electron chi connectivity index (χ4n) is 1.49. The molecule has 0 amide bonds. The number of aliphatic hydroxyl groups is 1. The summed E-state index contributed by atoms with van der Waals surface area (Å²) in [5, 5.41) is 16.9. The smallest absolute Gasteiger partial charge is 0.0640 e. The van der Waals surface area contributed by atoms with Gasteiger partial charge >= 0.3 is 0 Å². The fourth-order valence-corrected chi connectivity index (χ4v) is 1.62. The zero-order valence-electron chi connectivity index (χ0n) is 9.31. The second-order valence-corrected chi connectivity index (χ2v) is 4.13. The van der Waals surface area contributed by atoms with Crippen molar-refractivity contribution in [1.29, 1.82) is 0 Å². The second-order valence-electron chi connectivity index (χ2n) is 3.70. The van der Waals surface area contributed by atoms with E-state index in [1.54, 1.807) is 10.9 Å². The molecular formula is C12H14ClN3O. The highest BCUT2D eigenvalue weighted by Crippen LogP contribution is 2.14. The van der Waals surface area contributed by atoms with E-state index < -0.39 is 0 Å². The fraction of sp³-hybridized carbons (Fsp3) is 0.250. The first-order valence-corrected chi connectivity index (χ1v) is 5.77. The molecule has 2 N–H and O–H groups in total. The van der Waals surface area contributed by atoms with Gasteiger partial charge in [0, 0.05) is 29.0 Å². The van der Waals surface area contributed by atoms with Gasteiger partial charge in [-0.3, -0.25) is 4.68 Å². The lowest BCUT2D eigenvalue weighted by atomic mass is 10.3. The molecule has 4 nitrogen and oxygen atoms in total. The highest BCUT2D eigenvalue weighted by atomic mass is 35.5. The lowest BCUT2D eigenvalue weighted by Gasteiger charge is -2.04. The van der Waals surface area contributed by atoms with Crippen LogP contribution in [0.5, 0.6) is 0 Å². The van der Waals surface area contributed by atoms with Gasteiger partial charge in [-0.15, -0.1) is 0 Å². The van der Waals surface area contributed by atoms with E-state index in [1.165, 1.54) is 0 Å². The molecule has 0 radical (unpaired) electrons. The van der Waals surface area contributed by atoms with Crippen LogP contribution in [-0.4, -0.2) is 21.5 Å². The Bertz CT molecular complexity index is 467. The highest BCUT2D eigenvalue weighted by molar-refractivity contribution is 6.30. The molecule has 0 aliphatic heterocycles. The predicted octanol–water partition coefficient (Wildman–Crippen LogP) is 2.14. The molecule has 0 fully saturated rings. The van der Waals surface area contributed by atoms with E-state index in [1.807, 2.05) is 30.5 Å². The molecule has 1 heterocycles. The predicted molar refractivity (Wildman–Crippen MR) is 68.1 cm³/mol. The van der Waals surface area contributed by atoms with Crippen LogP contribution in [0.25, 0.3) is 0 Å². The minimum Gasteiger partial charge on any atom is -0.394 e. The third-order valence-electron chi connectivity index (χ3n) is 2.36. The third kappa shape index (κ3) is 3.47. The van der Waals surface area contributed by atoms with Crippen molar-refractivity contribution in [2.75, 3.05) is 11.9 Å². The molecule has 0 atom stereocenters. The molecule has 0 aliphatic rings. The van der Waals surface area contributed by atoms with Gasteiger partial charge in [-0.05, 0) is 24.3 Å². The number of nitrogens with zero attached hydrogens (tertiary/aromatic N) is 2. The summed E-state index contributed by atoms with van der Waals surface area (Å²) in [7, 11) is 0. The third-order valence-corrected chi connectivity index (χ3v) is 2.61. The van der Waals surface area contributed by atoms with Crippen molar-refractivity contribution in [3.05, 3.63) is 47.2 Å². The molecule has 1 aromatic heterocycles. The number of aliphatic hydroxyl groups excluding tert-OH is 1. The molecule has 0 spiro atoms. The molecular weight excluding hydrogens is 238 g/mol. The molecule has 0 bridgehead atoms. The van der Waals surface area contributed by atoms with Gasteiger partial charge in [0.05, 0.1) is 19.3 Å². The lowest BCUT2D eigenvalue weighted by molar-refractivity contribution is 0.269. The van der Waals surface area contributed by atoms with Crippen molar-refractivity contribution in [3.63, 3.8) is 0 Å². The van der Waals surface area contributed by atoms with Gasteiger partial charge in [0.1, 0.15) is 0 Å². The molecule has 1 aromatic carbocycles. The van der Waals surface area contributed by atoms with Crippen molar-refractivity contribution in [1.82, 2.24) is 9.78 Å². The lowest BCUT2D eigenvalue weighted by Crippen LogP contribution is -2.02. The number of benzene rings is 1. The standard InChI is InChI=1S/C12H14ClN3O/c13-11-1-3-12(4-2-11)14-7-10-8-15-16(9-10)5-6-17/h1-4,8-9,14,17H,5-7H2. The number of aromatic nitrogens is 2. The van der Waals surface area contributed by atoms with Crippen molar-refractivity contribution >= 4 is 17.3 Å². The summed E-state index contributed by atoms with van der Waals surface area (Å²) < 4.78 is 1.72. The molecule has 0 saturated heterocycles. The Morgan fingerprint density at radius 3 is 2.76 bits per heavy atom. The summed E-state index contributed by atoms with van der Waals surface area (Å²) in [5.41, 5.74) is 2.10. The summed E-state index contributed by atoms with van der Waals surface area (Å²) in [4.78, 5) is 0. The number of hydrogen-bond donors (Lipinski definition) is 2. The average Bonchev–Trinajstić information content (AvgIpc) is 2.77. The minimum absolute atomic E-state index is 0.103. The second kappa shape index (κ2) is 5.70. The Hall–Kier alpha value is -1.52. The number of hydrogen-bond acceptors (Lipinski definition) is 3. The van der Waals surface area contributed by atoms with Crippen molar-refractivity contribution < 1.29 is 5.11 Å². The summed E-state index contributed by atoms with van der Waals surface area (Å²) in [6.07, 6.45) is 3.71. The van der Waals surface area contributed by atoms with Gasteiger partial charge in [-0.2, -0.15) is 5.10 Å². The van der Waals surface area contributed by atoms with E-state index in [2.05, 4.69) is 10.4 Å². The Balaban J connectivity index is 1.90. The van der Waals surface area contributed by atoms with Crippen LogP contribution in [0.1, 0.15) is 5.56 Å². The first-order chi connectivity index (χ1) is 8.28. The maximum atomic E-state index is 8.77. The summed E-state index contributed by atoms with van der Waals surface area (Å²) in [5.74, 6) is 0. The first kappa shape index (κ1) is 12.0. The molecule has 0 saturated carbocycles. The maximum absolute atomic E-state index is 8.77. The molecule has 17 heavy (non-hydrogen) atoms. The van der Waals surface area contributed by atoms with Crippen LogP contribution in [0, 0.1) is 0 Å². The van der Waals surface area contributed by atoms with Crippen molar-refractivity contribution in [3.8, 4) is 0 Å². The first-order valence-electron chi connectivity index (χ1n) is 5.39. The van der Waals surface area contributed by atoms with Gasteiger partial charge in [0.25, 0.3) is 0 Å². The van der Waals surface area contributed by atoms with E-state index in [-0.39, 0.29) is 6.61 Å². The van der Waals surface area contributed by atoms with Crippen molar-refractivity contribution in [2.45, 2.75) is 13.1 Å². The van der Waals surface area contributed by atoms with Crippen LogP contribution in [0.3, 0.4) is 0 Å². The molecule has 2 aromatic rings.